The molecule has 0 radical (unpaired) electrons. The van der Waals surface area contributed by atoms with Crippen molar-refractivity contribution in [3.05, 3.63) is 51.5 Å². The fraction of sp³-hybridized carbons (Fsp3) is 0.639. The molecular weight excluding hydrogens is 574 g/mol. The summed E-state index contributed by atoms with van der Waals surface area (Å²) in [7, 11) is 0. The molecule has 2 aromatic heterocycles. The summed E-state index contributed by atoms with van der Waals surface area (Å²) in [4.78, 5) is 35.3. The fourth-order valence-corrected chi connectivity index (χ4v) is 6.93. The number of rotatable bonds is 10. The second kappa shape index (κ2) is 13.7. The number of benzene rings is 1. The summed E-state index contributed by atoms with van der Waals surface area (Å²) < 4.78 is 14.1. The molecule has 0 amide bonds. The largest absolute Gasteiger partial charge is 0.464 e. The zero-order valence-electron chi connectivity index (χ0n) is 28.1. The Morgan fingerprint density at radius 2 is 1.68 bits per heavy atom. The average molecular weight is 626 g/mol. The van der Waals surface area contributed by atoms with E-state index in [0.717, 1.165) is 44.1 Å². The Hall–Kier alpha value is -2.80. The summed E-state index contributed by atoms with van der Waals surface area (Å²) in [6, 6.07) is 7.35. The van der Waals surface area contributed by atoms with Gasteiger partial charge in [0.2, 0.25) is 0 Å². The molecule has 1 aliphatic carbocycles. The SMILES string of the molecule is CCCCC(CC)COc1nc2c(C(=O)OC3C(C(C)(C)C)CC(C)CC3C(C)(C)C)c(-c3ccc(Cl)cc3)cn2c(=O)[nH]1. The molecule has 3 unspecified atom stereocenters. The number of H-pyrrole nitrogens is 1. The van der Waals surface area contributed by atoms with Crippen molar-refractivity contribution in [3.63, 3.8) is 0 Å². The molecule has 1 fully saturated rings. The molecule has 3 atom stereocenters. The van der Waals surface area contributed by atoms with Gasteiger partial charge in [-0.15, -0.1) is 0 Å². The summed E-state index contributed by atoms with van der Waals surface area (Å²) in [5.41, 5.74) is 1.26. The molecule has 0 saturated heterocycles. The van der Waals surface area contributed by atoms with E-state index in [9.17, 15) is 9.59 Å². The standard InChI is InChI=1S/C36H52ClN3O4/c1-10-12-13-23(11-2)21-43-33-38-31-29(26(20-40(31)34(42)39-33)24-14-16-25(37)17-15-24)32(41)44-30-27(35(4,5)6)18-22(3)19-28(30)36(7,8)9/h14-17,20,22-23,27-28,30H,10-13,18-19,21H2,1-9H3,(H,38,39,42). The maximum Gasteiger partial charge on any atom is 0.342 e. The van der Waals surface area contributed by atoms with Crippen molar-refractivity contribution in [1.29, 1.82) is 0 Å². The van der Waals surface area contributed by atoms with Crippen molar-refractivity contribution in [2.75, 3.05) is 6.61 Å². The molecule has 1 aromatic carbocycles. The third-order valence-electron chi connectivity index (χ3n) is 9.55. The van der Waals surface area contributed by atoms with Crippen molar-refractivity contribution in [2.24, 2.45) is 34.5 Å². The second-order valence-corrected chi connectivity index (χ2v) is 15.5. The number of esters is 1. The van der Waals surface area contributed by atoms with Crippen LogP contribution in [0.5, 0.6) is 6.01 Å². The molecule has 8 heteroatoms. The Balaban J connectivity index is 1.81. The van der Waals surface area contributed by atoms with Gasteiger partial charge in [0, 0.05) is 28.6 Å². The summed E-state index contributed by atoms with van der Waals surface area (Å²) in [6.45, 7) is 20.5. The molecule has 242 valence electrons. The van der Waals surface area contributed by atoms with Crippen LogP contribution in [0.3, 0.4) is 0 Å². The molecule has 7 nitrogen and oxygen atoms in total. The number of aromatic nitrogens is 3. The van der Waals surface area contributed by atoms with Crippen molar-refractivity contribution >= 4 is 23.2 Å². The number of hydrogen-bond donors (Lipinski definition) is 1. The molecule has 1 saturated carbocycles. The first-order chi connectivity index (χ1) is 20.6. The number of unbranched alkanes of at least 4 members (excludes halogenated alkanes) is 1. The lowest BCUT2D eigenvalue weighted by Crippen LogP contribution is -2.49. The third kappa shape index (κ3) is 7.70. The number of carbonyl (C=O) groups excluding carboxylic acids is 1. The number of aromatic amines is 1. The van der Waals surface area contributed by atoms with Crippen LogP contribution < -0.4 is 10.4 Å². The van der Waals surface area contributed by atoms with Crippen molar-refractivity contribution in [3.8, 4) is 17.1 Å². The zero-order valence-corrected chi connectivity index (χ0v) is 28.9. The molecule has 2 heterocycles. The quantitative estimate of drug-likeness (QED) is 0.227. The first-order valence-corrected chi connectivity index (χ1v) is 16.8. The molecule has 44 heavy (non-hydrogen) atoms. The van der Waals surface area contributed by atoms with Crippen LogP contribution in [0.2, 0.25) is 5.02 Å². The Bertz CT molecular complexity index is 1450. The summed E-state index contributed by atoms with van der Waals surface area (Å²) >= 11 is 6.21. The fourth-order valence-electron chi connectivity index (χ4n) is 6.80. The van der Waals surface area contributed by atoms with Gasteiger partial charge in [-0.3, -0.25) is 9.38 Å². The summed E-state index contributed by atoms with van der Waals surface area (Å²) in [5, 5.41) is 0.583. The maximum absolute atomic E-state index is 14.5. The smallest absolute Gasteiger partial charge is 0.342 e. The lowest BCUT2D eigenvalue weighted by atomic mass is 9.59. The number of hydrogen-bond acceptors (Lipinski definition) is 5. The van der Waals surface area contributed by atoms with Crippen molar-refractivity contribution < 1.29 is 14.3 Å². The van der Waals surface area contributed by atoms with Crippen LogP contribution in [0.15, 0.2) is 35.3 Å². The molecule has 1 N–H and O–H groups in total. The first-order valence-electron chi connectivity index (χ1n) is 16.4. The Morgan fingerprint density at radius 1 is 1.07 bits per heavy atom. The number of nitrogens with one attached hydrogen (secondary N) is 1. The Morgan fingerprint density at radius 3 is 2.23 bits per heavy atom. The highest BCUT2D eigenvalue weighted by atomic mass is 35.5. The molecule has 3 aromatic rings. The van der Waals surface area contributed by atoms with E-state index in [1.54, 1.807) is 18.3 Å². The van der Waals surface area contributed by atoms with E-state index in [0.29, 0.717) is 29.0 Å². The predicted molar refractivity (Wildman–Crippen MR) is 179 cm³/mol. The van der Waals surface area contributed by atoms with Crippen molar-refractivity contribution in [2.45, 2.75) is 107 Å². The number of ether oxygens (including phenoxy) is 2. The highest BCUT2D eigenvalue weighted by Crippen LogP contribution is 2.50. The zero-order chi connectivity index (χ0) is 32.4. The topological polar surface area (TPSA) is 85.7 Å². The molecule has 0 bridgehead atoms. The molecule has 0 aliphatic heterocycles. The molecular formula is C36H52ClN3O4. The normalized spacial score (nSPS) is 21.8. The average Bonchev–Trinajstić information content (AvgIpc) is 3.33. The first kappa shape index (κ1) is 34.1. The minimum atomic E-state index is -0.473. The minimum absolute atomic E-state index is 0.0605. The van der Waals surface area contributed by atoms with Crippen LogP contribution in [0.1, 0.15) is 111 Å². The predicted octanol–water partition coefficient (Wildman–Crippen LogP) is 9.22. The van der Waals surface area contributed by atoms with Gasteiger partial charge < -0.3 is 9.47 Å². The van der Waals surface area contributed by atoms with E-state index < -0.39 is 11.7 Å². The summed E-state index contributed by atoms with van der Waals surface area (Å²) in [5.74, 6) is 0.768. The monoisotopic (exact) mass is 625 g/mol. The van der Waals surface area contributed by atoms with Crippen LogP contribution in [-0.4, -0.2) is 33.0 Å². The van der Waals surface area contributed by atoms with Crippen LogP contribution in [0.4, 0.5) is 0 Å². The molecule has 4 rings (SSSR count). The summed E-state index contributed by atoms with van der Waals surface area (Å²) in [6.07, 6.45) is 7.61. The number of halogens is 1. The minimum Gasteiger partial charge on any atom is -0.464 e. The van der Waals surface area contributed by atoms with E-state index >= 15 is 0 Å². The van der Waals surface area contributed by atoms with Gasteiger partial charge in [-0.1, -0.05) is 105 Å². The van der Waals surface area contributed by atoms with Crippen LogP contribution >= 0.6 is 11.6 Å². The lowest BCUT2D eigenvalue weighted by molar-refractivity contribution is -0.0922. The maximum atomic E-state index is 14.5. The van der Waals surface area contributed by atoms with Crippen molar-refractivity contribution in [1.82, 2.24) is 14.4 Å². The van der Waals surface area contributed by atoms with Gasteiger partial charge in [-0.25, -0.2) is 9.59 Å². The van der Waals surface area contributed by atoms with Crippen LogP contribution in [-0.2, 0) is 4.74 Å². The Kier molecular flexibility index (Phi) is 10.6. The van der Waals surface area contributed by atoms with Gasteiger partial charge in [0.25, 0.3) is 6.01 Å². The molecule has 0 spiro atoms. The number of nitrogens with zero attached hydrogens (tertiary/aromatic N) is 2. The lowest BCUT2D eigenvalue weighted by Gasteiger charge is -2.50. The van der Waals surface area contributed by atoms with E-state index in [2.05, 4.69) is 67.3 Å². The van der Waals surface area contributed by atoms with E-state index in [4.69, 9.17) is 26.1 Å². The Labute approximate surface area is 268 Å². The van der Waals surface area contributed by atoms with Crippen LogP contribution in [0.25, 0.3) is 16.8 Å². The highest BCUT2D eigenvalue weighted by Gasteiger charge is 2.48. The highest BCUT2D eigenvalue weighted by molar-refractivity contribution is 6.30. The van der Waals surface area contributed by atoms with Crippen LogP contribution in [0, 0.1) is 34.5 Å². The van der Waals surface area contributed by atoms with E-state index in [-0.39, 0.29) is 46.0 Å². The third-order valence-corrected chi connectivity index (χ3v) is 9.80. The number of fused-ring (bicyclic) bond motifs is 1. The van der Waals surface area contributed by atoms with Gasteiger partial charge >= 0.3 is 11.7 Å². The van der Waals surface area contributed by atoms with Gasteiger partial charge in [-0.2, -0.15) is 4.98 Å². The van der Waals surface area contributed by atoms with Gasteiger partial charge in [0.1, 0.15) is 11.7 Å². The van der Waals surface area contributed by atoms with Gasteiger partial charge in [0.15, 0.2) is 5.65 Å². The van der Waals surface area contributed by atoms with Gasteiger partial charge in [-0.05, 0) is 59.6 Å². The van der Waals surface area contributed by atoms with Gasteiger partial charge in [0.05, 0.1) is 6.61 Å². The molecule has 1 aliphatic rings. The second-order valence-electron chi connectivity index (χ2n) is 15.1. The van der Waals surface area contributed by atoms with E-state index in [1.807, 2.05) is 12.1 Å². The number of carbonyl (C=O) groups is 1. The van der Waals surface area contributed by atoms with E-state index in [1.165, 1.54) is 4.40 Å².